The van der Waals surface area contributed by atoms with E-state index in [4.69, 9.17) is 0 Å². The molecule has 2 heterocycles. The number of aromatic nitrogens is 2. The van der Waals surface area contributed by atoms with E-state index in [1.807, 2.05) is 18.2 Å². The second-order valence-electron chi connectivity index (χ2n) is 4.73. The predicted molar refractivity (Wildman–Crippen MR) is 76.2 cm³/mol. The summed E-state index contributed by atoms with van der Waals surface area (Å²) in [6, 6.07) is 7.36. The molecule has 0 radical (unpaired) electrons. The van der Waals surface area contributed by atoms with E-state index in [9.17, 15) is 9.90 Å². The molecule has 2 aromatic rings. The van der Waals surface area contributed by atoms with Gasteiger partial charge in [0, 0.05) is 11.9 Å². The maximum absolute atomic E-state index is 11.4. The van der Waals surface area contributed by atoms with Crippen molar-refractivity contribution >= 4 is 17.7 Å². The zero-order chi connectivity index (χ0) is 13.9. The highest BCUT2D eigenvalue weighted by Crippen LogP contribution is 2.31. The van der Waals surface area contributed by atoms with Gasteiger partial charge in [-0.3, -0.25) is 0 Å². The molecule has 0 bridgehead atoms. The summed E-state index contributed by atoms with van der Waals surface area (Å²) in [6.45, 7) is 0. The highest BCUT2D eigenvalue weighted by atomic mass is 32.2. The van der Waals surface area contributed by atoms with Gasteiger partial charge in [0.05, 0.1) is 5.56 Å². The van der Waals surface area contributed by atoms with Crippen molar-refractivity contribution in [3.8, 4) is 0 Å². The van der Waals surface area contributed by atoms with Gasteiger partial charge in [-0.15, -0.1) is 0 Å². The molecule has 20 heavy (non-hydrogen) atoms. The third kappa shape index (κ3) is 2.67. The first-order valence-corrected chi connectivity index (χ1v) is 7.40. The molecule has 0 fully saturated rings. The number of hydrogen-bond donors (Lipinski definition) is 1. The van der Waals surface area contributed by atoms with Crippen molar-refractivity contribution in [3.63, 3.8) is 0 Å². The summed E-state index contributed by atoms with van der Waals surface area (Å²) in [7, 11) is 0. The summed E-state index contributed by atoms with van der Waals surface area (Å²) in [5.74, 6) is -0.927. The van der Waals surface area contributed by atoms with Gasteiger partial charge < -0.3 is 5.11 Å². The Hall–Kier alpha value is -1.88. The van der Waals surface area contributed by atoms with Crippen LogP contribution in [0.1, 0.15) is 34.5 Å². The van der Waals surface area contributed by atoms with Crippen molar-refractivity contribution in [3.05, 3.63) is 47.3 Å². The van der Waals surface area contributed by atoms with E-state index in [2.05, 4.69) is 9.97 Å². The summed E-state index contributed by atoms with van der Waals surface area (Å²) < 4.78 is 0. The van der Waals surface area contributed by atoms with Crippen molar-refractivity contribution in [2.24, 2.45) is 0 Å². The van der Waals surface area contributed by atoms with Crippen LogP contribution in [0, 0.1) is 0 Å². The molecule has 2 aromatic heterocycles. The normalized spacial score (nSPS) is 13.8. The van der Waals surface area contributed by atoms with Crippen molar-refractivity contribution in [1.82, 2.24) is 9.97 Å². The molecule has 0 saturated heterocycles. The Kier molecular flexibility index (Phi) is 3.69. The number of aryl methyl sites for hydroxylation is 2. The third-order valence-electron chi connectivity index (χ3n) is 3.34. The zero-order valence-corrected chi connectivity index (χ0v) is 11.7. The Balaban J connectivity index is 2.02. The van der Waals surface area contributed by atoms with E-state index in [0.29, 0.717) is 5.03 Å². The summed E-state index contributed by atoms with van der Waals surface area (Å²) in [6.07, 6.45) is 5.80. The van der Waals surface area contributed by atoms with Gasteiger partial charge in [0.2, 0.25) is 0 Å². The van der Waals surface area contributed by atoms with Gasteiger partial charge in [-0.1, -0.05) is 6.07 Å². The minimum absolute atomic E-state index is 0.279. The van der Waals surface area contributed by atoms with Gasteiger partial charge in [0.25, 0.3) is 0 Å². The molecular formula is C15H14N2O2S. The molecular weight excluding hydrogens is 272 g/mol. The Morgan fingerprint density at radius 3 is 2.85 bits per heavy atom. The number of rotatable bonds is 3. The van der Waals surface area contributed by atoms with Crippen LogP contribution >= 0.6 is 11.8 Å². The average Bonchev–Trinajstić information content (AvgIpc) is 2.47. The highest BCUT2D eigenvalue weighted by molar-refractivity contribution is 7.99. The smallest absolute Gasteiger partial charge is 0.338 e. The van der Waals surface area contributed by atoms with Crippen LogP contribution in [0.15, 0.2) is 40.5 Å². The molecule has 5 heteroatoms. The van der Waals surface area contributed by atoms with Gasteiger partial charge in [-0.05, 0) is 61.2 Å². The molecule has 0 amide bonds. The number of carbonyl (C=O) groups is 1. The Morgan fingerprint density at radius 1 is 1.25 bits per heavy atom. The van der Waals surface area contributed by atoms with Gasteiger partial charge in [0.15, 0.2) is 0 Å². The van der Waals surface area contributed by atoms with E-state index < -0.39 is 5.97 Å². The summed E-state index contributed by atoms with van der Waals surface area (Å²) >= 11 is 1.31. The van der Waals surface area contributed by atoms with Crippen LogP contribution in [0.3, 0.4) is 0 Å². The summed E-state index contributed by atoms with van der Waals surface area (Å²) in [5, 5.41) is 10.7. The van der Waals surface area contributed by atoms with Crippen LogP contribution in [0.4, 0.5) is 0 Å². The maximum Gasteiger partial charge on any atom is 0.338 e. The summed E-state index contributed by atoms with van der Waals surface area (Å²) in [5.41, 5.74) is 2.40. The van der Waals surface area contributed by atoms with Crippen molar-refractivity contribution in [2.75, 3.05) is 0 Å². The standard InChI is InChI=1S/C15H14N2O2S/c18-15(19)11-9-10-5-1-2-6-12(10)17-14(11)20-13-7-3-4-8-16-13/h3-4,7-9H,1-2,5-6H2,(H,18,19). The number of aromatic carboxylic acids is 1. The monoisotopic (exact) mass is 286 g/mol. The van der Waals surface area contributed by atoms with Crippen molar-refractivity contribution in [2.45, 2.75) is 35.7 Å². The second kappa shape index (κ2) is 5.63. The van der Waals surface area contributed by atoms with Crippen LogP contribution < -0.4 is 0 Å². The average molecular weight is 286 g/mol. The molecule has 0 spiro atoms. The zero-order valence-electron chi connectivity index (χ0n) is 10.9. The van der Waals surface area contributed by atoms with Crippen LogP contribution in [0.5, 0.6) is 0 Å². The molecule has 4 nitrogen and oxygen atoms in total. The van der Waals surface area contributed by atoms with E-state index in [-0.39, 0.29) is 5.56 Å². The minimum Gasteiger partial charge on any atom is -0.478 e. The van der Waals surface area contributed by atoms with E-state index in [0.717, 1.165) is 42.0 Å². The molecule has 3 rings (SSSR count). The second-order valence-corrected chi connectivity index (χ2v) is 5.74. The SMILES string of the molecule is O=C(O)c1cc2c(nc1Sc1ccccn1)CCCC2. The van der Waals surface area contributed by atoms with Crippen LogP contribution in [0.25, 0.3) is 0 Å². The van der Waals surface area contributed by atoms with Gasteiger partial charge in [0.1, 0.15) is 10.1 Å². The molecule has 1 aliphatic rings. The molecule has 0 atom stereocenters. The van der Waals surface area contributed by atoms with E-state index in [1.165, 1.54) is 11.8 Å². The number of carboxylic acid groups (broad SMARTS) is 1. The minimum atomic E-state index is -0.927. The number of fused-ring (bicyclic) bond motifs is 1. The molecule has 0 aromatic carbocycles. The van der Waals surface area contributed by atoms with Gasteiger partial charge in [-0.2, -0.15) is 0 Å². The van der Waals surface area contributed by atoms with Gasteiger partial charge in [-0.25, -0.2) is 14.8 Å². The first-order chi connectivity index (χ1) is 9.74. The van der Waals surface area contributed by atoms with E-state index >= 15 is 0 Å². The Bertz CT molecular complexity index is 644. The third-order valence-corrected chi connectivity index (χ3v) is 4.29. The number of nitrogens with zero attached hydrogens (tertiary/aromatic N) is 2. The highest BCUT2D eigenvalue weighted by Gasteiger charge is 2.19. The lowest BCUT2D eigenvalue weighted by molar-refractivity contribution is 0.0692. The molecule has 0 saturated carbocycles. The number of carboxylic acids is 1. The van der Waals surface area contributed by atoms with Crippen LogP contribution in [-0.2, 0) is 12.8 Å². The van der Waals surface area contributed by atoms with Crippen LogP contribution in [0.2, 0.25) is 0 Å². The molecule has 0 unspecified atom stereocenters. The van der Waals surface area contributed by atoms with E-state index in [1.54, 1.807) is 12.3 Å². The first-order valence-electron chi connectivity index (χ1n) is 6.59. The Labute approximate surface area is 121 Å². The lowest BCUT2D eigenvalue weighted by Gasteiger charge is -2.17. The fourth-order valence-electron chi connectivity index (χ4n) is 2.35. The lowest BCUT2D eigenvalue weighted by Crippen LogP contribution is -2.10. The fraction of sp³-hybridized carbons (Fsp3) is 0.267. The van der Waals surface area contributed by atoms with Crippen LogP contribution in [-0.4, -0.2) is 21.0 Å². The summed E-state index contributed by atoms with van der Waals surface area (Å²) in [4.78, 5) is 20.2. The first kappa shape index (κ1) is 13.1. The number of pyridine rings is 2. The molecule has 1 aliphatic carbocycles. The van der Waals surface area contributed by atoms with Crippen molar-refractivity contribution < 1.29 is 9.90 Å². The molecule has 0 aliphatic heterocycles. The topological polar surface area (TPSA) is 63.1 Å². The number of hydrogen-bond acceptors (Lipinski definition) is 4. The quantitative estimate of drug-likeness (QED) is 0.938. The lowest BCUT2D eigenvalue weighted by atomic mass is 9.95. The Morgan fingerprint density at radius 2 is 2.10 bits per heavy atom. The maximum atomic E-state index is 11.4. The van der Waals surface area contributed by atoms with Gasteiger partial charge >= 0.3 is 5.97 Å². The largest absolute Gasteiger partial charge is 0.478 e. The fourth-order valence-corrected chi connectivity index (χ4v) is 3.22. The predicted octanol–water partition coefficient (Wildman–Crippen LogP) is 3.20. The molecule has 102 valence electrons. The molecule has 1 N–H and O–H groups in total. The van der Waals surface area contributed by atoms with Crippen molar-refractivity contribution in [1.29, 1.82) is 0 Å².